The van der Waals surface area contributed by atoms with Crippen LogP contribution in [-0.2, 0) is 16.6 Å². The minimum Gasteiger partial charge on any atom is -0.441 e. The van der Waals surface area contributed by atoms with E-state index < -0.39 is 10.0 Å². The maximum atomic E-state index is 12.0. The average Bonchev–Trinajstić information content (AvgIpc) is 3.08. The molecule has 3 rings (SSSR count). The SMILES string of the molecule is CCS(=O)(=O)N1CCN(Cc2nc(-c3ccc(C(=O)NC)cc3)oc2C)CC1. The zero-order valence-electron chi connectivity index (χ0n) is 16.4. The van der Waals surface area contributed by atoms with E-state index in [1.807, 2.05) is 19.1 Å². The molecule has 0 radical (unpaired) electrons. The summed E-state index contributed by atoms with van der Waals surface area (Å²) in [5.41, 5.74) is 2.23. The standard InChI is InChI=1S/C19H26N4O4S/c1-4-28(25,26)23-11-9-22(10-12-23)13-17-14(2)27-19(21-17)16-7-5-15(6-8-16)18(24)20-3/h5-8H,4,9-13H2,1-3H3,(H,20,24). The van der Waals surface area contributed by atoms with E-state index in [9.17, 15) is 13.2 Å². The molecule has 0 atom stereocenters. The fourth-order valence-electron chi connectivity index (χ4n) is 3.17. The summed E-state index contributed by atoms with van der Waals surface area (Å²) >= 11 is 0. The van der Waals surface area contributed by atoms with Crippen LogP contribution in [0.15, 0.2) is 28.7 Å². The minimum atomic E-state index is -3.13. The second-order valence-corrected chi connectivity index (χ2v) is 9.01. The summed E-state index contributed by atoms with van der Waals surface area (Å²) in [4.78, 5) is 18.4. The molecule has 0 spiro atoms. The molecule has 1 aromatic carbocycles. The first-order chi connectivity index (χ1) is 13.3. The van der Waals surface area contributed by atoms with Crippen molar-refractivity contribution in [3.05, 3.63) is 41.3 Å². The number of sulfonamides is 1. The van der Waals surface area contributed by atoms with Gasteiger partial charge in [0.15, 0.2) is 0 Å². The Morgan fingerprint density at radius 3 is 2.39 bits per heavy atom. The van der Waals surface area contributed by atoms with Crippen molar-refractivity contribution < 1.29 is 17.6 Å². The van der Waals surface area contributed by atoms with Gasteiger partial charge < -0.3 is 9.73 Å². The number of hydrogen-bond acceptors (Lipinski definition) is 6. The Kier molecular flexibility index (Phi) is 6.17. The number of piperazine rings is 1. The van der Waals surface area contributed by atoms with E-state index in [2.05, 4.69) is 15.2 Å². The van der Waals surface area contributed by atoms with Crippen LogP contribution in [0, 0.1) is 6.92 Å². The van der Waals surface area contributed by atoms with E-state index >= 15 is 0 Å². The highest BCUT2D eigenvalue weighted by Gasteiger charge is 2.26. The number of rotatable bonds is 6. The van der Waals surface area contributed by atoms with E-state index in [0.717, 1.165) is 17.0 Å². The Labute approximate surface area is 165 Å². The van der Waals surface area contributed by atoms with E-state index in [1.165, 1.54) is 0 Å². The summed E-state index contributed by atoms with van der Waals surface area (Å²) in [5.74, 6) is 1.26. The Balaban J connectivity index is 1.66. The molecule has 9 heteroatoms. The first kappa shape index (κ1) is 20.5. The van der Waals surface area contributed by atoms with Crippen molar-refractivity contribution in [2.24, 2.45) is 0 Å². The summed E-state index contributed by atoms with van der Waals surface area (Å²) in [6, 6.07) is 7.10. The van der Waals surface area contributed by atoms with Gasteiger partial charge in [-0.05, 0) is 38.1 Å². The first-order valence-electron chi connectivity index (χ1n) is 9.33. The van der Waals surface area contributed by atoms with Crippen molar-refractivity contribution in [1.29, 1.82) is 0 Å². The van der Waals surface area contributed by atoms with Gasteiger partial charge in [-0.3, -0.25) is 9.69 Å². The maximum Gasteiger partial charge on any atom is 0.251 e. The van der Waals surface area contributed by atoms with E-state index in [4.69, 9.17) is 4.42 Å². The molecule has 2 aromatic rings. The molecule has 1 N–H and O–H groups in total. The molecule has 0 aliphatic carbocycles. The number of hydrogen-bond donors (Lipinski definition) is 1. The third-order valence-electron chi connectivity index (χ3n) is 4.98. The van der Waals surface area contributed by atoms with Gasteiger partial charge in [-0.2, -0.15) is 4.31 Å². The van der Waals surface area contributed by atoms with Crippen LogP contribution >= 0.6 is 0 Å². The number of nitrogens with one attached hydrogen (secondary N) is 1. The van der Waals surface area contributed by atoms with Gasteiger partial charge in [-0.1, -0.05) is 0 Å². The summed E-state index contributed by atoms with van der Waals surface area (Å²) < 4.78 is 31.3. The average molecular weight is 407 g/mol. The van der Waals surface area contributed by atoms with Crippen molar-refractivity contribution in [2.75, 3.05) is 39.0 Å². The monoisotopic (exact) mass is 406 g/mol. The molecule has 1 amide bonds. The molecule has 1 saturated heterocycles. The van der Waals surface area contributed by atoms with Gasteiger partial charge in [-0.15, -0.1) is 0 Å². The number of nitrogens with zero attached hydrogens (tertiary/aromatic N) is 3. The van der Waals surface area contributed by atoms with Crippen molar-refractivity contribution in [3.63, 3.8) is 0 Å². The number of carbonyl (C=O) groups is 1. The van der Waals surface area contributed by atoms with Crippen LogP contribution in [0.4, 0.5) is 0 Å². The molecule has 1 aliphatic rings. The zero-order valence-corrected chi connectivity index (χ0v) is 17.3. The third-order valence-corrected chi connectivity index (χ3v) is 6.86. The van der Waals surface area contributed by atoms with E-state index in [-0.39, 0.29) is 11.7 Å². The highest BCUT2D eigenvalue weighted by Crippen LogP contribution is 2.23. The van der Waals surface area contributed by atoms with E-state index in [1.54, 1.807) is 30.4 Å². The normalized spacial score (nSPS) is 16.2. The second kappa shape index (κ2) is 8.42. The summed E-state index contributed by atoms with van der Waals surface area (Å²) in [6.45, 7) is 6.50. The lowest BCUT2D eigenvalue weighted by atomic mass is 10.1. The largest absolute Gasteiger partial charge is 0.441 e. The van der Waals surface area contributed by atoms with Gasteiger partial charge in [-0.25, -0.2) is 13.4 Å². The van der Waals surface area contributed by atoms with Gasteiger partial charge in [0.25, 0.3) is 5.91 Å². The van der Waals surface area contributed by atoms with Crippen LogP contribution in [-0.4, -0.2) is 67.5 Å². The molecule has 28 heavy (non-hydrogen) atoms. The molecule has 1 fully saturated rings. The number of oxazole rings is 1. The van der Waals surface area contributed by atoms with Crippen molar-refractivity contribution >= 4 is 15.9 Å². The third kappa shape index (κ3) is 4.43. The smallest absolute Gasteiger partial charge is 0.251 e. The van der Waals surface area contributed by atoms with Gasteiger partial charge in [0, 0.05) is 50.9 Å². The fraction of sp³-hybridized carbons (Fsp3) is 0.474. The molecule has 2 heterocycles. The van der Waals surface area contributed by atoms with Crippen LogP contribution in [0.3, 0.4) is 0 Å². The minimum absolute atomic E-state index is 0.136. The quantitative estimate of drug-likeness (QED) is 0.781. The number of benzene rings is 1. The molecule has 8 nitrogen and oxygen atoms in total. The maximum absolute atomic E-state index is 12.0. The summed E-state index contributed by atoms with van der Waals surface area (Å²) in [6.07, 6.45) is 0. The van der Waals surface area contributed by atoms with Crippen LogP contribution in [0.1, 0.15) is 28.7 Å². The molecule has 152 valence electrons. The lowest BCUT2D eigenvalue weighted by Gasteiger charge is -2.33. The van der Waals surface area contributed by atoms with Crippen LogP contribution in [0.2, 0.25) is 0 Å². The summed E-state index contributed by atoms with van der Waals surface area (Å²) in [5, 5.41) is 2.59. The summed E-state index contributed by atoms with van der Waals surface area (Å²) in [7, 11) is -1.53. The highest BCUT2D eigenvalue weighted by atomic mass is 32.2. The fourth-order valence-corrected chi connectivity index (χ4v) is 4.25. The van der Waals surface area contributed by atoms with Gasteiger partial charge in [0.05, 0.1) is 11.4 Å². The molecule has 0 bridgehead atoms. The van der Waals surface area contributed by atoms with Gasteiger partial charge in [0.1, 0.15) is 5.76 Å². The highest BCUT2D eigenvalue weighted by molar-refractivity contribution is 7.89. The number of aryl methyl sites for hydroxylation is 1. The lowest BCUT2D eigenvalue weighted by Crippen LogP contribution is -2.48. The number of amides is 1. The molecule has 0 unspecified atom stereocenters. The van der Waals surface area contributed by atoms with E-state index in [0.29, 0.717) is 44.2 Å². The predicted molar refractivity (Wildman–Crippen MR) is 106 cm³/mol. The Morgan fingerprint density at radius 2 is 1.82 bits per heavy atom. The number of aromatic nitrogens is 1. The lowest BCUT2D eigenvalue weighted by molar-refractivity contribution is 0.0963. The predicted octanol–water partition coefficient (Wildman–Crippen LogP) is 1.48. The molecule has 1 aliphatic heterocycles. The Bertz CT molecular complexity index is 929. The van der Waals surface area contributed by atoms with Crippen molar-refractivity contribution in [2.45, 2.75) is 20.4 Å². The zero-order chi connectivity index (χ0) is 20.3. The topological polar surface area (TPSA) is 95.8 Å². The van der Waals surface area contributed by atoms with Gasteiger partial charge in [0.2, 0.25) is 15.9 Å². The number of carbonyl (C=O) groups excluding carboxylic acids is 1. The van der Waals surface area contributed by atoms with Crippen molar-refractivity contribution in [1.82, 2.24) is 19.5 Å². The van der Waals surface area contributed by atoms with Crippen LogP contribution in [0.5, 0.6) is 0 Å². The molecule has 0 saturated carbocycles. The van der Waals surface area contributed by atoms with Crippen LogP contribution < -0.4 is 5.32 Å². The van der Waals surface area contributed by atoms with Gasteiger partial charge >= 0.3 is 0 Å². The Morgan fingerprint density at radius 1 is 1.18 bits per heavy atom. The molecular formula is C19H26N4O4S. The first-order valence-corrected chi connectivity index (χ1v) is 10.9. The van der Waals surface area contributed by atoms with Crippen LogP contribution in [0.25, 0.3) is 11.5 Å². The second-order valence-electron chi connectivity index (χ2n) is 6.75. The van der Waals surface area contributed by atoms with Crippen molar-refractivity contribution in [3.8, 4) is 11.5 Å². The molecule has 1 aromatic heterocycles. The molecular weight excluding hydrogens is 380 g/mol. The Hall–Kier alpha value is -2.23.